The zero-order chi connectivity index (χ0) is 22.2. The minimum absolute atomic E-state index is 0.00166. The van der Waals surface area contributed by atoms with Gasteiger partial charge in [0, 0.05) is 11.8 Å². The standard InChI is InChI=1S/C21H22F3NO5S/c22-21(23,24)11-2-1-3-12(8-11)29-7-6-13-14-4-5-17(30-18(14)9-16(13)26)19-25-15(10-31-19)20(27)28/h1-3,8,10,13-14,16-18,26H,4-7,9H2,(H,27,28)/t13-,14-,16-,17-,18+/m1/s1. The second kappa shape index (κ2) is 8.76. The van der Waals surface area contributed by atoms with Crippen LogP contribution in [0.3, 0.4) is 0 Å². The molecular formula is C21H22F3NO5S. The van der Waals surface area contributed by atoms with E-state index in [1.165, 1.54) is 28.8 Å². The second-order valence-electron chi connectivity index (χ2n) is 7.91. The van der Waals surface area contributed by atoms with Crippen molar-refractivity contribution < 1.29 is 37.7 Å². The zero-order valence-corrected chi connectivity index (χ0v) is 17.2. The molecule has 2 aromatic rings. The van der Waals surface area contributed by atoms with E-state index in [0.717, 1.165) is 18.6 Å². The van der Waals surface area contributed by atoms with Crippen molar-refractivity contribution in [2.75, 3.05) is 6.61 Å². The Balaban J connectivity index is 1.33. The number of aliphatic hydroxyl groups excluding tert-OH is 1. The first-order chi connectivity index (χ1) is 14.7. The summed E-state index contributed by atoms with van der Waals surface area (Å²) in [6, 6.07) is 4.76. The predicted molar refractivity (Wildman–Crippen MR) is 105 cm³/mol. The Bertz CT molecular complexity index is 934. The molecule has 2 N–H and O–H groups in total. The van der Waals surface area contributed by atoms with Gasteiger partial charge < -0.3 is 19.7 Å². The number of ether oxygens (including phenoxy) is 2. The average Bonchev–Trinajstić information content (AvgIpc) is 3.32. The van der Waals surface area contributed by atoms with Gasteiger partial charge in [-0.3, -0.25) is 0 Å². The van der Waals surface area contributed by atoms with Crippen LogP contribution < -0.4 is 4.74 Å². The molecule has 1 aromatic carbocycles. The number of thiazole rings is 1. The SMILES string of the molecule is O=C(O)c1csc([C@H]2CC[C@@H]3[C@@H](CCOc4cccc(C(F)(F)F)c4)[C@H](O)C[C@@H]3O2)n1. The molecule has 0 radical (unpaired) electrons. The Labute approximate surface area is 180 Å². The number of alkyl halides is 3. The van der Waals surface area contributed by atoms with E-state index >= 15 is 0 Å². The minimum Gasteiger partial charge on any atom is -0.494 e. The van der Waals surface area contributed by atoms with Crippen LogP contribution in [0.15, 0.2) is 29.6 Å². The molecule has 0 spiro atoms. The highest BCUT2D eigenvalue weighted by atomic mass is 32.1. The van der Waals surface area contributed by atoms with Crippen LogP contribution in [-0.4, -0.2) is 40.0 Å². The Morgan fingerprint density at radius 2 is 2.13 bits per heavy atom. The summed E-state index contributed by atoms with van der Waals surface area (Å²) >= 11 is 1.25. The van der Waals surface area contributed by atoms with Crippen molar-refractivity contribution >= 4 is 17.3 Å². The molecule has 6 nitrogen and oxygen atoms in total. The maximum atomic E-state index is 12.8. The molecule has 1 aromatic heterocycles. The summed E-state index contributed by atoms with van der Waals surface area (Å²) in [7, 11) is 0. The number of halogens is 3. The molecule has 0 unspecified atom stereocenters. The molecule has 0 bridgehead atoms. The number of aliphatic hydroxyl groups is 1. The topological polar surface area (TPSA) is 88.9 Å². The van der Waals surface area contributed by atoms with Crippen molar-refractivity contribution in [3.05, 3.63) is 45.9 Å². The van der Waals surface area contributed by atoms with Crippen molar-refractivity contribution in [1.29, 1.82) is 0 Å². The lowest BCUT2D eigenvalue weighted by molar-refractivity contribution is -0.137. The van der Waals surface area contributed by atoms with E-state index in [4.69, 9.17) is 14.6 Å². The number of hydrogen-bond acceptors (Lipinski definition) is 6. The fraction of sp³-hybridized carbons (Fsp3) is 0.524. The molecule has 31 heavy (non-hydrogen) atoms. The molecule has 2 heterocycles. The van der Waals surface area contributed by atoms with Crippen LogP contribution in [0, 0.1) is 11.8 Å². The fourth-order valence-corrected chi connectivity index (χ4v) is 5.39. The first kappa shape index (κ1) is 22.0. The number of aromatic carboxylic acids is 1. The number of carboxylic acids is 1. The Morgan fingerprint density at radius 1 is 1.32 bits per heavy atom. The third kappa shape index (κ3) is 4.86. The molecule has 0 amide bonds. The Hall–Kier alpha value is -2.17. The minimum atomic E-state index is -4.42. The molecule has 168 valence electrons. The van der Waals surface area contributed by atoms with Crippen LogP contribution in [0.4, 0.5) is 13.2 Å². The number of benzene rings is 1. The number of carbonyl (C=O) groups is 1. The number of nitrogens with zero attached hydrogens (tertiary/aromatic N) is 1. The number of carboxylic acid groups (broad SMARTS) is 1. The summed E-state index contributed by atoms with van der Waals surface area (Å²) in [6.45, 7) is 0.199. The smallest absolute Gasteiger partial charge is 0.416 e. The highest BCUT2D eigenvalue weighted by Gasteiger charge is 2.46. The first-order valence-electron chi connectivity index (χ1n) is 10.0. The van der Waals surface area contributed by atoms with Gasteiger partial charge in [-0.15, -0.1) is 11.3 Å². The Kier molecular flexibility index (Phi) is 6.23. The van der Waals surface area contributed by atoms with Gasteiger partial charge in [-0.25, -0.2) is 9.78 Å². The van der Waals surface area contributed by atoms with E-state index in [9.17, 15) is 23.1 Å². The number of hydrogen-bond donors (Lipinski definition) is 2. The van der Waals surface area contributed by atoms with Crippen molar-refractivity contribution in [1.82, 2.24) is 4.98 Å². The second-order valence-corrected chi connectivity index (χ2v) is 8.80. The number of fused-ring (bicyclic) bond motifs is 1. The molecule has 1 aliphatic carbocycles. The average molecular weight is 457 g/mol. The maximum Gasteiger partial charge on any atom is 0.416 e. The largest absolute Gasteiger partial charge is 0.494 e. The predicted octanol–water partition coefficient (Wildman–Crippen LogP) is 4.55. The summed E-state index contributed by atoms with van der Waals surface area (Å²) in [6.07, 6.45) is -3.01. The van der Waals surface area contributed by atoms with Crippen LogP contribution in [0.5, 0.6) is 5.75 Å². The van der Waals surface area contributed by atoms with Gasteiger partial charge in [-0.05, 0) is 49.3 Å². The summed E-state index contributed by atoms with van der Waals surface area (Å²) < 4.78 is 50.2. The monoisotopic (exact) mass is 457 g/mol. The van der Waals surface area contributed by atoms with E-state index in [0.29, 0.717) is 24.3 Å². The van der Waals surface area contributed by atoms with Gasteiger partial charge in [0.2, 0.25) is 0 Å². The van der Waals surface area contributed by atoms with Crippen molar-refractivity contribution in [3.8, 4) is 5.75 Å². The quantitative estimate of drug-likeness (QED) is 0.662. The lowest BCUT2D eigenvalue weighted by atomic mass is 9.85. The van der Waals surface area contributed by atoms with Crippen molar-refractivity contribution in [2.45, 2.75) is 50.2 Å². The number of rotatable bonds is 6. The van der Waals surface area contributed by atoms with Crippen LogP contribution in [0.25, 0.3) is 0 Å². The van der Waals surface area contributed by atoms with Gasteiger partial charge >= 0.3 is 12.1 Å². The third-order valence-corrected chi connectivity index (χ3v) is 6.93. The molecule has 1 saturated heterocycles. The van der Waals surface area contributed by atoms with Gasteiger partial charge in [0.05, 0.1) is 24.4 Å². The van der Waals surface area contributed by atoms with Crippen molar-refractivity contribution in [2.24, 2.45) is 11.8 Å². The molecule has 2 aliphatic rings. The van der Waals surface area contributed by atoms with Gasteiger partial charge in [0.15, 0.2) is 5.69 Å². The van der Waals surface area contributed by atoms with E-state index < -0.39 is 23.8 Å². The lowest BCUT2D eigenvalue weighted by Crippen LogP contribution is -2.31. The normalized spacial score (nSPS) is 28.3. The van der Waals surface area contributed by atoms with Crippen molar-refractivity contribution in [3.63, 3.8) is 0 Å². The molecule has 1 aliphatic heterocycles. The highest BCUT2D eigenvalue weighted by Crippen LogP contribution is 2.47. The van der Waals surface area contributed by atoms with Gasteiger partial charge in [-0.2, -0.15) is 13.2 Å². The van der Waals surface area contributed by atoms with Gasteiger partial charge in [0.25, 0.3) is 0 Å². The fourth-order valence-electron chi connectivity index (χ4n) is 4.52. The van der Waals surface area contributed by atoms with E-state index in [2.05, 4.69) is 4.98 Å². The van der Waals surface area contributed by atoms with E-state index in [1.807, 2.05) is 0 Å². The zero-order valence-electron chi connectivity index (χ0n) is 16.4. The third-order valence-electron chi connectivity index (χ3n) is 5.99. The lowest BCUT2D eigenvalue weighted by Gasteiger charge is -2.34. The van der Waals surface area contributed by atoms with Gasteiger partial charge in [0.1, 0.15) is 16.9 Å². The molecule has 4 rings (SSSR count). The summed E-state index contributed by atoms with van der Waals surface area (Å²) in [5.74, 6) is -0.872. The van der Waals surface area contributed by atoms with Crippen LogP contribution in [0.2, 0.25) is 0 Å². The van der Waals surface area contributed by atoms with Gasteiger partial charge in [-0.1, -0.05) is 6.07 Å². The summed E-state index contributed by atoms with van der Waals surface area (Å²) in [5, 5.41) is 21.7. The summed E-state index contributed by atoms with van der Waals surface area (Å²) in [5.41, 5.74) is -0.757. The summed E-state index contributed by atoms with van der Waals surface area (Å²) in [4.78, 5) is 15.2. The van der Waals surface area contributed by atoms with E-state index in [-0.39, 0.29) is 42.1 Å². The molecule has 5 atom stereocenters. The number of aromatic nitrogens is 1. The molecular weight excluding hydrogens is 435 g/mol. The molecule has 1 saturated carbocycles. The van der Waals surface area contributed by atoms with Crippen LogP contribution in [-0.2, 0) is 10.9 Å². The maximum absolute atomic E-state index is 12.8. The molecule has 2 fully saturated rings. The highest BCUT2D eigenvalue weighted by molar-refractivity contribution is 7.09. The molecule has 10 heteroatoms. The Morgan fingerprint density at radius 3 is 2.84 bits per heavy atom. The van der Waals surface area contributed by atoms with Crippen LogP contribution >= 0.6 is 11.3 Å². The van der Waals surface area contributed by atoms with Crippen LogP contribution in [0.1, 0.15) is 52.8 Å². The first-order valence-corrected chi connectivity index (χ1v) is 10.9. The van der Waals surface area contributed by atoms with E-state index in [1.54, 1.807) is 0 Å².